The summed E-state index contributed by atoms with van der Waals surface area (Å²) in [5, 5.41) is 4.31. The first-order valence-corrected chi connectivity index (χ1v) is 8.72. The van der Waals surface area contributed by atoms with Crippen molar-refractivity contribution in [2.24, 2.45) is 0 Å². The van der Waals surface area contributed by atoms with Gasteiger partial charge in [-0.25, -0.2) is 4.98 Å². The first kappa shape index (κ1) is 13.8. The van der Waals surface area contributed by atoms with Crippen LogP contribution in [0.15, 0.2) is 5.38 Å². The molecule has 0 radical (unpaired) electrons. The molecule has 0 amide bonds. The summed E-state index contributed by atoms with van der Waals surface area (Å²) < 4.78 is 4.36. The number of nitrogen functional groups attached to an aromatic ring is 1. The summed E-state index contributed by atoms with van der Waals surface area (Å²) >= 11 is 3.16. The molecule has 0 bridgehead atoms. The third-order valence-electron chi connectivity index (χ3n) is 4.02. The van der Waals surface area contributed by atoms with Gasteiger partial charge in [-0.15, -0.1) is 11.3 Å². The molecule has 20 heavy (non-hydrogen) atoms. The summed E-state index contributed by atoms with van der Waals surface area (Å²) in [6.45, 7) is 2.02. The van der Waals surface area contributed by atoms with Crippen molar-refractivity contribution in [2.45, 2.75) is 45.1 Å². The topological polar surface area (TPSA) is 55.0 Å². The molecule has 1 saturated carbocycles. The Morgan fingerprint density at radius 2 is 2.05 bits per heavy atom. The first-order valence-electron chi connectivity index (χ1n) is 7.07. The Balaban J connectivity index is 1.93. The molecule has 3 rings (SSSR count). The molecule has 0 aromatic carbocycles. The Labute approximate surface area is 127 Å². The molecule has 0 aliphatic heterocycles. The summed E-state index contributed by atoms with van der Waals surface area (Å²) in [6.07, 6.45) is 6.56. The van der Waals surface area contributed by atoms with Crippen LogP contribution in [0.3, 0.4) is 0 Å². The van der Waals surface area contributed by atoms with Crippen LogP contribution in [0, 0.1) is 6.92 Å². The lowest BCUT2D eigenvalue weighted by atomic mass is 9.94. The van der Waals surface area contributed by atoms with E-state index in [1.165, 1.54) is 48.6 Å². The molecule has 1 fully saturated rings. The van der Waals surface area contributed by atoms with E-state index in [0.29, 0.717) is 11.9 Å². The van der Waals surface area contributed by atoms with Crippen molar-refractivity contribution in [2.75, 3.05) is 17.7 Å². The minimum absolute atomic E-state index is 0.609. The lowest BCUT2D eigenvalue weighted by Crippen LogP contribution is -2.33. The minimum atomic E-state index is 0.609. The van der Waals surface area contributed by atoms with Crippen LogP contribution >= 0.6 is 22.9 Å². The average molecular weight is 308 g/mol. The Morgan fingerprint density at radius 1 is 1.30 bits per heavy atom. The molecule has 2 aromatic rings. The fraction of sp³-hybridized carbons (Fsp3) is 0.571. The average Bonchev–Trinajstić information content (AvgIpc) is 3.05. The molecule has 2 N–H and O–H groups in total. The number of hydrogen-bond donors (Lipinski definition) is 1. The fourth-order valence-electron chi connectivity index (χ4n) is 2.89. The van der Waals surface area contributed by atoms with Gasteiger partial charge in [-0.1, -0.05) is 19.3 Å². The number of nitrogens with two attached hydrogens (primary N) is 1. The first-order chi connectivity index (χ1) is 9.66. The van der Waals surface area contributed by atoms with Gasteiger partial charge in [0.15, 0.2) is 0 Å². The molecule has 108 valence electrons. The van der Waals surface area contributed by atoms with Crippen molar-refractivity contribution in [1.29, 1.82) is 0 Å². The van der Waals surface area contributed by atoms with Crippen molar-refractivity contribution in [1.82, 2.24) is 9.36 Å². The van der Waals surface area contributed by atoms with E-state index >= 15 is 0 Å². The highest BCUT2D eigenvalue weighted by Gasteiger charge is 2.25. The van der Waals surface area contributed by atoms with Crippen molar-refractivity contribution in [3.63, 3.8) is 0 Å². The van der Waals surface area contributed by atoms with Crippen molar-refractivity contribution in [3.05, 3.63) is 10.4 Å². The van der Waals surface area contributed by atoms with Crippen LogP contribution in [0.2, 0.25) is 0 Å². The van der Waals surface area contributed by atoms with E-state index in [1.54, 1.807) is 11.3 Å². The number of anilines is 2. The zero-order valence-electron chi connectivity index (χ0n) is 11.9. The van der Waals surface area contributed by atoms with Gasteiger partial charge in [0.25, 0.3) is 0 Å². The van der Waals surface area contributed by atoms with Gasteiger partial charge in [-0.2, -0.15) is 4.37 Å². The van der Waals surface area contributed by atoms with E-state index in [-0.39, 0.29) is 0 Å². The van der Waals surface area contributed by atoms with Crippen LogP contribution in [0.25, 0.3) is 11.3 Å². The summed E-state index contributed by atoms with van der Waals surface area (Å²) in [5.74, 6) is 0.609. The summed E-state index contributed by atoms with van der Waals surface area (Å²) in [6, 6.07) is 0.613. The van der Waals surface area contributed by atoms with Crippen LogP contribution in [0.4, 0.5) is 10.8 Å². The van der Waals surface area contributed by atoms with Crippen molar-refractivity contribution < 1.29 is 0 Å². The predicted octanol–water partition coefficient (Wildman–Crippen LogP) is 3.93. The summed E-state index contributed by atoms with van der Waals surface area (Å²) in [5.41, 5.74) is 8.08. The predicted molar refractivity (Wildman–Crippen MR) is 87.6 cm³/mol. The van der Waals surface area contributed by atoms with Gasteiger partial charge in [-0.3, -0.25) is 0 Å². The van der Waals surface area contributed by atoms with Gasteiger partial charge in [0.1, 0.15) is 10.8 Å². The fourth-order valence-corrected chi connectivity index (χ4v) is 4.35. The molecule has 0 atom stereocenters. The second-order valence-corrected chi connectivity index (χ2v) is 7.22. The molecule has 2 heterocycles. The Kier molecular flexibility index (Phi) is 3.94. The van der Waals surface area contributed by atoms with Crippen molar-refractivity contribution >= 4 is 33.7 Å². The van der Waals surface area contributed by atoms with Crippen LogP contribution in [0.1, 0.15) is 37.1 Å². The maximum absolute atomic E-state index is 6.09. The van der Waals surface area contributed by atoms with Gasteiger partial charge >= 0.3 is 0 Å². The quantitative estimate of drug-likeness (QED) is 0.933. The molecule has 0 spiro atoms. The molecular formula is C14H20N4S2. The number of aryl methyl sites for hydroxylation is 1. The molecule has 2 aromatic heterocycles. The SMILES string of the molecule is Cc1nc(-c2c(N)nsc2N(C)C2CCCCC2)cs1. The van der Waals surface area contributed by atoms with Gasteiger partial charge in [0, 0.05) is 18.5 Å². The molecule has 0 unspecified atom stereocenters. The lowest BCUT2D eigenvalue weighted by Gasteiger charge is -2.32. The maximum Gasteiger partial charge on any atom is 0.148 e. The van der Waals surface area contributed by atoms with Crippen LogP contribution in [0.5, 0.6) is 0 Å². The molecule has 6 heteroatoms. The van der Waals surface area contributed by atoms with E-state index in [2.05, 4.69) is 26.7 Å². The number of aromatic nitrogens is 2. The third-order valence-corrected chi connectivity index (χ3v) is 5.74. The van der Waals surface area contributed by atoms with Gasteiger partial charge in [0.2, 0.25) is 0 Å². The molecule has 1 aliphatic carbocycles. The second kappa shape index (κ2) is 5.69. The zero-order chi connectivity index (χ0) is 14.1. The Bertz CT molecular complexity index is 584. The molecule has 1 aliphatic rings. The van der Waals surface area contributed by atoms with E-state index in [0.717, 1.165) is 16.3 Å². The van der Waals surface area contributed by atoms with Crippen LogP contribution < -0.4 is 10.6 Å². The highest BCUT2D eigenvalue weighted by molar-refractivity contribution is 7.11. The van der Waals surface area contributed by atoms with Gasteiger partial charge in [0.05, 0.1) is 16.3 Å². The van der Waals surface area contributed by atoms with E-state index in [9.17, 15) is 0 Å². The van der Waals surface area contributed by atoms with Gasteiger partial charge in [-0.05, 0) is 31.3 Å². The lowest BCUT2D eigenvalue weighted by molar-refractivity contribution is 0.429. The molecule has 0 saturated heterocycles. The summed E-state index contributed by atoms with van der Waals surface area (Å²) in [4.78, 5) is 6.95. The zero-order valence-corrected chi connectivity index (χ0v) is 13.6. The Morgan fingerprint density at radius 3 is 2.70 bits per heavy atom. The number of thiazole rings is 1. The normalized spacial score (nSPS) is 16.5. The summed E-state index contributed by atoms with van der Waals surface area (Å²) in [7, 11) is 2.17. The standard InChI is InChI=1S/C14H20N4S2/c1-9-16-11(8-19-9)12-13(15)17-20-14(12)18(2)10-6-4-3-5-7-10/h8,10H,3-7H2,1-2H3,(H2,15,17). The highest BCUT2D eigenvalue weighted by atomic mass is 32.1. The van der Waals surface area contributed by atoms with E-state index in [1.807, 2.05) is 6.92 Å². The number of nitrogens with zero attached hydrogens (tertiary/aromatic N) is 3. The largest absolute Gasteiger partial charge is 0.382 e. The van der Waals surface area contributed by atoms with E-state index < -0.39 is 0 Å². The number of hydrogen-bond acceptors (Lipinski definition) is 6. The minimum Gasteiger partial charge on any atom is -0.382 e. The monoisotopic (exact) mass is 308 g/mol. The Hall–Kier alpha value is -1.14. The van der Waals surface area contributed by atoms with Crippen molar-refractivity contribution in [3.8, 4) is 11.3 Å². The second-order valence-electron chi connectivity index (χ2n) is 5.40. The molecular weight excluding hydrogens is 288 g/mol. The maximum atomic E-state index is 6.09. The van der Waals surface area contributed by atoms with Crippen LogP contribution in [-0.4, -0.2) is 22.4 Å². The third kappa shape index (κ3) is 2.54. The smallest absolute Gasteiger partial charge is 0.148 e. The highest BCUT2D eigenvalue weighted by Crippen LogP contribution is 2.41. The van der Waals surface area contributed by atoms with Crippen LogP contribution in [-0.2, 0) is 0 Å². The van der Waals surface area contributed by atoms with Gasteiger partial charge < -0.3 is 10.6 Å². The number of rotatable bonds is 3. The molecule has 4 nitrogen and oxygen atoms in total. The van der Waals surface area contributed by atoms with E-state index in [4.69, 9.17) is 5.73 Å².